The van der Waals surface area contributed by atoms with Crippen LogP contribution in [0, 0.1) is 0 Å². The Morgan fingerprint density at radius 3 is 2.71 bits per heavy atom. The molecule has 0 fully saturated rings. The summed E-state index contributed by atoms with van der Waals surface area (Å²) in [7, 11) is 1.67. The van der Waals surface area contributed by atoms with E-state index in [-0.39, 0.29) is 0 Å². The van der Waals surface area contributed by atoms with E-state index in [4.69, 9.17) is 9.47 Å². The lowest BCUT2D eigenvalue weighted by atomic mass is 10.1. The molecule has 1 heterocycles. The predicted molar refractivity (Wildman–Crippen MR) is 91.4 cm³/mol. The summed E-state index contributed by atoms with van der Waals surface area (Å²) in [6.45, 7) is 5.72. The first-order chi connectivity index (χ1) is 10.2. The van der Waals surface area contributed by atoms with E-state index in [1.807, 2.05) is 23.6 Å². The van der Waals surface area contributed by atoms with Crippen LogP contribution in [-0.4, -0.2) is 13.7 Å². The molecule has 1 aromatic carbocycles. The van der Waals surface area contributed by atoms with Gasteiger partial charge >= 0.3 is 0 Å². The molecule has 2 rings (SSSR count). The molecule has 1 N–H and O–H groups in total. The highest BCUT2D eigenvalue weighted by atomic mass is 79.9. The largest absolute Gasteiger partial charge is 0.493 e. The Morgan fingerprint density at radius 2 is 2.10 bits per heavy atom. The van der Waals surface area contributed by atoms with Crippen LogP contribution >= 0.6 is 27.3 Å². The third-order valence-corrected chi connectivity index (χ3v) is 5.15. The minimum absolute atomic E-state index is 0.296. The normalized spacial score (nSPS) is 12.2. The summed E-state index contributed by atoms with van der Waals surface area (Å²) in [5.41, 5.74) is 1.19. The van der Waals surface area contributed by atoms with Crippen LogP contribution in [0.4, 0.5) is 0 Å². The van der Waals surface area contributed by atoms with Gasteiger partial charge in [0.05, 0.1) is 12.0 Å². The first-order valence-electron chi connectivity index (χ1n) is 6.91. The topological polar surface area (TPSA) is 30.5 Å². The van der Waals surface area contributed by atoms with E-state index in [2.05, 4.69) is 41.2 Å². The van der Waals surface area contributed by atoms with Crippen LogP contribution in [0.5, 0.6) is 11.5 Å². The molecular weight excluding hydrogens is 350 g/mol. The smallest absolute Gasteiger partial charge is 0.161 e. The molecule has 1 aromatic heterocycles. The number of halogens is 1. The Kier molecular flexibility index (Phi) is 6.08. The molecule has 0 aliphatic rings. The van der Waals surface area contributed by atoms with Crippen molar-refractivity contribution in [2.24, 2.45) is 0 Å². The molecular formula is C16H20BrNO2S. The minimum atomic E-state index is 0.296. The lowest BCUT2D eigenvalue weighted by Gasteiger charge is -2.16. The molecule has 0 bridgehead atoms. The minimum Gasteiger partial charge on any atom is -0.493 e. The Balaban J connectivity index is 2.11. The van der Waals surface area contributed by atoms with Crippen LogP contribution in [0.3, 0.4) is 0 Å². The average molecular weight is 370 g/mol. The van der Waals surface area contributed by atoms with E-state index >= 15 is 0 Å². The van der Waals surface area contributed by atoms with E-state index in [9.17, 15) is 0 Å². The zero-order chi connectivity index (χ0) is 15.2. The summed E-state index contributed by atoms with van der Waals surface area (Å²) in [5.74, 6) is 1.54. The molecule has 0 amide bonds. The molecule has 3 nitrogen and oxygen atoms in total. The summed E-state index contributed by atoms with van der Waals surface area (Å²) in [6.07, 6.45) is 0. The van der Waals surface area contributed by atoms with Crippen molar-refractivity contribution in [3.05, 3.63) is 44.6 Å². The van der Waals surface area contributed by atoms with Crippen molar-refractivity contribution in [2.45, 2.75) is 26.5 Å². The number of benzene rings is 1. The molecule has 0 saturated carbocycles. The van der Waals surface area contributed by atoms with Crippen molar-refractivity contribution in [1.82, 2.24) is 5.32 Å². The van der Waals surface area contributed by atoms with Crippen molar-refractivity contribution >= 4 is 27.3 Å². The number of nitrogens with one attached hydrogen (secondary N) is 1. The van der Waals surface area contributed by atoms with Crippen molar-refractivity contribution in [1.29, 1.82) is 0 Å². The summed E-state index contributed by atoms with van der Waals surface area (Å²) in [6, 6.07) is 8.41. The molecule has 0 aliphatic heterocycles. The predicted octanol–water partition coefficient (Wildman–Crippen LogP) is 4.77. The van der Waals surface area contributed by atoms with Gasteiger partial charge < -0.3 is 14.8 Å². The van der Waals surface area contributed by atoms with Crippen LogP contribution in [0.25, 0.3) is 0 Å². The average Bonchev–Trinajstić information content (AvgIpc) is 2.90. The quantitative estimate of drug-likeness (QED) is 0.762. The van der Waals surface area contributed by atoms with Crippen LogP contribution < -0.4 is 14.8 Å². The highest BCUT2D eigenvalue weighted by molar-refractivity contribution is 9.10. The molecule has 0 aliphatic carbocycles. The van der Waals surface area contributed by atoms with E-state index in [0.29, 0.717) is 12.6 Å². The van der Waals surface area contributed by atoms with Crippen LogP contribution in [0.15, 0.2) is 34.1 Å². The van der Waals surface area contributed by atoms with Crippen molar-refractivity contribution < 1.29 is 9.47 Å². The third kappa shape index (κ3) is 4.22. The molecule has 5 heteroatoms. The molecule has 2 aromatic rings. The standard InChI is InChI=1S/C16H20BrNO2S/c1-4-18-11(2)12-5-6-14(15(9-12)19-3)20-10-16-13(17)7-8-21-16/h5-9,11,18H,4,10H2,1-3H3. The van der Waals surface area contributed by atoms with Gasteiger partial charge in [0, 0.05) is 10.5 Å². The number of rotatable bonds is 7. The Hall–Kier alpha value is -1.04. The van der Waals surface area contributed by atoms with Gasteiger partial charge in [-0.3, -0.25) is 0 Å². The van der Waals surface area contributed by atoms with E-state index in [0.717, 1.165) is 22.5 Å². The SMILES string of the molecule is CCNC(C)c1ccc(OCc2sccc2Br)c(OC)c1. The fourth-order valence-electron chi connectivity index (χ4n) is 2.07. The fourth-order valence-corrected chi connectivity index (χ4v) is 3.45. The van der Waals surface area contributed by atoms with E-state index in [1.165, 1.54) is 10.4 Å². The van der Waals surface area contributed by atoms with Crippen LogP contribution in [-0.2, 0) is 6.61 Å². The van der Waals surface area contributed by atoms with Gasteiger partial charge in [0.15, 0.2) is 11.5 Å². The summed E-state index contributed by atoms with van der Waals surface area (Å²) in [4.78, 5) is 1.17. The second kappa shape index (κ2) is 7.82. The molecule has 0 radical (unpaired) electrons. The van der Waals surface area contributed by atoms with Gasteiger partial charge in [0.25, 0.3) is 0 Å². The second-order valence-corrected chi connectivity index (χ2v) is 6.53. The van der Waals surface area contributed by atoms with Crippen LogP contribution in [0.2, 0.25) is 0 Å². The zero-order valence-electron chi connectivity index (χ0n) is 12.5. The van der Waals surface area contributed by atoms with Gasteiger partial charge in [-0.25, -0.2) is 0 Å². The number of ether oxygens (including phenoxy) is 2. The lowest BCUT2D eigenvalue weighted by Crippen LogP contribution is -2.17. The van der Waals surface area contributed by atoms with Gasteiger partial charge in [-0.2, -0.15) is 0 Å². The van der Waals surface area contributed by atoms with Gasteiger partial charge in [0.2, 0.25) is 0 Å². The zero-order valence-corrected chi connectivity index (χ0v) is 14.9. The van der Waals surface area contributed by atoms with Gasteiger partial charge in [-0.1, -0.05) is 13.0 Å². The van der Waals surface area contributed by atoms with Crippen molar-refractivity contribution in [3.63, 3.8) is 0 Å². The van der Waals surface area contributed by atoms with Crippen molar-refractivity contribution in [3.8, 4) is 11.5 Å². The van der Waals surface area contributed by atoms with Crippen LogP contribution in [0.1, 0.15) is 30.3 Å². The molecule has 114 valence electrons. The number of hydrogen-bond donors (Lipinski definition) is 1. The van der Waals surface area contributed by atoms with E-state index in [1.54, 1.807) is 18.4 Å². The maximum atomic E-state index is 5.88. The fraction of sp³-hybridized carbons (Fsp3) is 0.375. The van der Waals surface area contributed by atoms with Gasteiger partial charge in [-0.15, -0.1) is 11.3 Å². The summed E-state index contributed by atoms with van der Waals surface area (Å²) >= 11 is 5.19. The van der Waals surface area contributed by atoms with Gasteiger partial charge in [0.1, 0.15) is 6.61 Å². The molecule has 1 atom stereocenters. The van der Waals surface area contributed by atoms with E-state index < -0.39 is 0 Å². The monoisotopic (exact) mass is 369 g/mol. The number of methoxy groups -OCH3 is 1. The maximum Gasteiger partial charge on any atom is 0.161 e. The maximum absolute atomic E-state index is 5.88. The highest BCUT2D eigenvalue weighted by Crippen LogP contribution is 2.32. The highest BCUT2D eigenvalue weighted by Gasteiger charge is 2.11. The Bertz CT molecular complexity index is 585. The first kappa shape index (κ1) is 16.3. The van der Waals surface area contributed by atoms with Gasteiger partial charge in [-0.05, 0) is 58.5 Å². The second-order valence-electron chi connectivity index (χ2n) is 4.67. The first-order valence-corrected chi connectivity index (χ1v) is 8.59. The molecule has 0 saturated heterocycles. The lowest BCUT2D eigenvalue weighted by molar-refractivity contribution is 0.286. The summed E-state index contributed by atoms with van der Waals surface area (Å²) in [5, 5.41) is 5.44. The Morgan fingerprint density at radius 1 is 1.29 bits per heavy atom. The molecule has 0 spiro atoms. The summed E-state index contributed by atoms with van der Waals surface area (Å²) < 4.78 is 12.4. The van der Waals surface area contributed by atoms with Crippen molar-refractivity contribution in [2.75, 3.05) is 13.7 Å². The number of thiophene rings is 1. The molecule has 1 unspecified atom stereocenters. The third-order valence-electron chi connectivity index (χ3n) is 3.25. The number of hydrogen-bond acceptors (Lipinski definition) is 4. The Labute approximate surface area is 138 Å². The molecule has 21 heavy (non-hydrogen) atoms.